The van der Waals surface area contributed by atoms with Gasteiger partial charge in [0.2, 0.25) is 0 Å². The molecule has 0 saturated heterocycles. The van der Waals surface area contributed by atoms with Crippen LogP contribution in [0.25, 0.3) is 0 Å². The van der Waals surface area contributed by atoms with E-state index in [4.69, 9.17) is 15.3 Å². The fourth-order valence-corrected chi connectivity index (χ4v) is 0.795. The van der Waals surface area contributed by atoms with Crippen LogP contribution in [-0.4, -0.2) is 35.1 Å². The Morgan fingerprint density at radius 3 is 1.00 bits per heavy atom. The second-order valence-corrected chi connectivity index (χ2v) is 4.19. The van der Waals surface area contributed by atoms with E-state index < -0.39 is 0 Å². The van der Waals surface area contributed by atoms with Crippen molar-refractivity contribution in [2.24, 2.45) is 0 Å². The fourth-order valence-electron chi connectivity index (χ4n) is 0.795. The average Bonchev–Trinajstić information content (AvgIpc) is 3.02. The van der Waals surface area contributed by atoms with E-state index in [1.807, 2.05) is 30.3 Å². The van der Waals surface area contributed by atoms with Crippen LogP contribution in [0.15, 0.2) is 30.3 Å². The smallest absolute Gasteiger partial charge is 0.0430 e. The SMILES string of the molecule is CCCCO.CCCCO.CCCCO.[Ti].c1cc[cH-]c1. The molecule has 0 spiro atoms. The third-order valence-corrected chi connectivity index (χ3v) is 2.09. The van der Waals surface area contributed by atoms with Gasteiger partial charge in [-0.05, 0) is 19.3 Å². The second kappa shape index (κ2) is 36.8. The third kappa shape index (κ3) is 53.6. The molecule has 0 aliphatic carbocycles. The van der Waals surface area contributed by atoms with Gasteiger partial charge >= 0.3 is 0 Å². The summed E-state index contributed by atoms with van der Waals surface area (Å²) in [6.45, 7) is 7.19. The maximum absolute atomic E-state index is 8.07. The summed E-state index contributed by atoms with van der Waals surface area (Å²) in [6, 6.07) is 10.0. The predicted octanol–water partition coefficient (Wildman–Crippen LogP) is 3.74. The first kappa shape index (κ1) is 29.0. The summed E-state index contributed by atoms with van der Waals surface area (Å²) in [5.41, 5.74) is 0. The van der Waals surface area contributed by atoms with Gasteiger partial charge in [0.05, 0.1) is 0 Å². The zero-order chi connectivity index (χ0) is 15.9. The van der Waals surface area contributed by atoms with E-state index in [-0.39, 0.29) is 21.7 Å². The minimum atomic E-state index is 0. The maximum atomic E-state index is 8.07. The van der Waals surface area contributed by atoms with Crippen molar-refractivity contribution >= 4 is 0 Å². The minimum Gasteiger partial charge on any atom is -0.396 e. The molecule has 0 atom stereocenters. The van der Waals surface area contributed by atoms with Crippen molar-refractivity contribution < 1.29 is 37.0 Å². The van der Waals surface area contributed by atoms with Gasteiger partial charge in [-0.1, -0.05) is 40.0 Å². The number of hydrogen-bond donors (Lipinski definition) is 3. The Hall–Kier alpha value is -0.0557. The molecule has 126 valence electrons. The zero-order valence-corrected chi connectivity index (χ0v) is 15.7. The molecule has 0 bridgehead atoms. The molecule has 0 aliphatic heterocycles. The summed E-state index contributed by atoms with van der Waals surface area (Å²) in [5, 5.41) is 24.2. The van der Waals surface area contributed by atoms with Crippen molar-refractivity contribution in [1.29, 1.82) is 0 Å². The van der Waals surface area contributed by atoms with E-state index in [2.05, 4.69) is 20.8 Å². The van der Waals surface area contributed by atoms with Crippen LogP contribution in [0.1, 0.15) is 59.3 Å². The Kier molecular flexibility index (Phi) is 50.9. The van der Waals surface area contributed by atoms with E-state index in [1.165, 1.54) is 0 Å². The molecule has 1 rings (SSSR count). The summed E-state index contributed by atoms with van der Waals surface area (Å²) in [6.07, 6.45) is 6.11. The van der Waals surface area contributed by atoms with E-state index in [9.17, 15) is 0 Å². The van der Waals surface area contributed by atoms with Crippen molar-refractivity contribution in [3.63, 3.8) is 0 Å². The van der Waals surface area contributed by atoms with Gasteiger partial charge in [0.1, 0.15) is 0 Å². The van der Waals surface area contributed by atoms with Gasteiger partial charge in [0.25, 0.3) is 0 Å². The van der Waals surface area contributed by atoms with Crippen LogP contribution >= 0.6 is 0 Å². The molecule has 0 heterocycles. The van der Waals surface area contributed by atoms with Gasteiger partial charge < -0.3 is 15.3 Å². The molecule has 21 heavy (non-hydrogen) atoms. The van der Waals surface area contributed by atoms with Gasteiger partial charge in [0.15, 0.2) is 0 Å². The topological polar surface area (TPSA) is 60.7 Å². The number of aliphatic hydroxyl groups excluding tert-OH is 3. The average molecular weight is 335 g/mol. The Bertz CT molecular complexity index is 154. The van der Waals surface area contributed by atoms with Gasteiger partial charge in [-0.3, -0.25) is 0 Å². The van der Waals surface area contributed by atoms with E-state index >= 15 is 0 Å². The largest absolute Gasteiger partial charge is 0.396 e. The summed E-state index contributed by atoms with van der Waals surface area (Å²) < 4.78 is 0. The molecule has 0 unspecified atom stereocenters. The number of hydrogen-bond acceptors (Lipinski definition) is 3. The Balaban J connectivity index is -0.0000000903. The summed E-state index contributed by atoms with van der Waals surface area (Å²) in [7, 11) is 0. The Labute approximate surface area is 146 Å². The van der Waals surface area contributed by atoms with Crippen LogP contribution in [0.3, 0.4) is 0 Å². The van der Waals surface area contributed by atoms with E-state index in [1.54, 1.807) is 0 Å². The van der Waals surface area contributed by atoms with Crippen molar-refractivity contribution in [3.05, 3.63) is 30.3 Å². The fraction of sp³-hybridized carbons (Fsp3) is 0.706. The Morgan fingerprint density at radius 2 is 0.952 bits per heavy atom. The molecule has 3 nitrogen and oxygen atoms in total. The standard InChI is InChI=1S/C5H5.3C4H10O.Ti/c1-2-4-5-3-1;3*1-2-3-4-5;/h1-5H;3*5H,2-4H2,1H3;/q-1;;;;. The zero-order valence-electron chi connectivity index (χ0n) is 14.1. The first-order chi connectivity index (χ1) is 9.74. The monoisotopic (exact) mass is 335 g/mol. The molecule has 1 aromatic carbocycles. The summed E-state index contributed by atoms with van der Waals surface area (Å²) >= 11 is 0. The molecule has 1 aromatic rings. The molecule has 3 N–H and O–H groups in total. The predicted molar refractivity (Wildman–Crippen MR) is 88.0 cm³/mol. The third-order valence-electron chi connectivity index (χ3n) is 2.09. The van der Waals surface area contributed by atoms with Gasteiger partial charge in [-0.15, -0.1) is 0 Å². The number of unbranched alkanes of at least 4 members (excludes halogenated alkanes) is 3. The van der Waals surface area contributed by atoms with Crippen LogP contribution < -0.4 is 0 Å². The van der Waals surface area contributed by atoms with Gasteiger partial charge in [-0.2, -0.15) is 18.2 Å². The van der Waals surface area contributed by atoms with Crippen LogP contribution in [-0.2, 0) is 21.7 Å². The first-order valence-electron chi connectivity index (χ1n) is 7.74. The van der Waals surface area contributed by atoms with Crippen molar-refractivity contribution in [3.8, 4) is 0 Å². The van der Waals surface area contributed by atoms with Crippen molar-refractivity contribution in [1.82, 2.24) is 0 Å². The molecule has 0 radical (unpaired) electrons. The normalized spacial score (nSPS) is 7.90. The van der Waals surface area contributed by atoms with Crippen LogP contribution in [0.2, 0.25) is 0 Å². The molecule has 0 aliphatic rings. The first-order valence-corrected chi connectivity index (χ1v) is 7.74. The minimum absolute atomic E-state index is 0. The second-order valence-electron chi connectivity index (χ2n) is 4.19. The van der Waals surface area contributed by atoms with Crippen molar-refractivity contribution in [2.75, 3.05) is 19.8 Å². The Morgan fingerprint density at radius 1 is 0.667 bits per heavy atom. The van der Waals surface area contributed by atoms with E-state index in [0.717, 1.165) is 38.5 Å². The summed E-state index contributed by atoms with van der Waals surface area (Å²) in [5.74, 6) is 0. The molecule has 0 aromatic heterocycles. The van der Waals surface area contributed by atoms with E-state index in [0.29, 0.717) is 19.8 Å². The quantitative estimate of drug-likeness (QED) is 0.548. The van der Waals surface area contributed by atoms with Crippen LogP contribution in [0.5, 0.6) is 0 Å². The molecule has 4 heteroatoms. The van der Waals surface area contributed by atoms with Gasteiger partial charge in [0, 0.05) is 41.5 Å². The number of aliphatic hydroxyl groups is 3. The molecule has 0 fully saturated rings. The van der Waals surface area contributed by atoms with Crippen molar-refractivity contribution in [2.45, 2.75) is 59.3 Å². The van der Waals surface area contributed by atoms with Crippen LogP contribution in [0, 0.1) is 0 Å². The molecule has 0 amide bonds. The maximum Gasteiger partial charge on any atom is 0.0430 e. The molecular formula is C17H35O3Ti-. The van der Waals surface area contributed by atoms with Gasteiger partial charge in [-0.25, -0.2) is 12.1 Å². The molecular weight excluding hydrogens is 300 g/mol. The number of rotatable bonds is 6. The molecule has 0 saturated carbocycles. The summed E-state index contributed by atoms with van der Waals surface area (Å²) in [4.78, 5) is 0. The van der Waals surface area contributed by atoms with Crippen LogP contribution in [0.4, 0.5) is 0 Å².